The average molecular weight is 355 g/mol. The molecule has 5 heteroatoms. The fraction of sp³-hybridized carbons (Fsp3) is 0.571. The number of aryl methyl sites for hydroxylation is 1. The third-order valence-corrected chi connectivity index (χ3v) is 5.64. The molecule has 2 fully saturated rings. The minimum absolute atomic E-state index is 0.516. The Morgan fingerprint density at radius 1 is 1.27 bits per heavy atom. The molecule has 2 aliphatic heterocycles. The maximum atomic E-state index is 5.51. The number of anilines is 1. The Morgan fingerprint density at radius 3 is 2.85 bits per heavy atom. The van der Waals surface area contributed by atoms with E-state index < -0.39 is 0 Å². The van der Waals surface area contributed by atoms with Gasteiger partial charge in [0, 0.05) is 49.1 Å². The summed E-state index contributed by atoms with van der Waals surface area (Å²) in [5.41, 5.74) is 3.13. The van der Waals surface area contributed by atoms with Gasteiger partial charge in [0.15, 0.2) is 0 Å². The van der Waals surface area contributed by atoms with Crippen molar-refractivity contribution in [3.63, 3.8) is 0 Å². The summed E-state index contributed by atoms with van der Waals surface area (Å²) in [6.45, 7) is 7.46. The van der Waals surface area contributed by atoms with Crippen molar-refractivity contribution in [3.8, 4) is 5.75 Å². The number of rotatable bonds is 5. The predicted molar refractivity (Wildman–Crippen MR) is 105 cm³/mol. The Labute approximate surface area is 155 Å². The van der Waals surface area contributed by atoms with Crippen LogP contribution in [0.5, 0.6) is 5.75 Å². The van der Waals surface area contributed by atoms with Crippen molar-refractivity contribution in [1.82, 2.24) is 9.88 Å². The van der Waals surface area contributed by atoms with Crippen LogP contribution in [0.1, 0.15) is 25.0 Å². The molecule has 0 radical (unpaired) electrons. The van der Waals surface area contributed by atoms with Crippen molar-refractivity contribution in [1.29, 1.82) is 0 Å². The molecule has 140 valence electrons. The lowest BCUT2D eigenvalue weighted by Crippen LogP contribution is -2.41. The third-order valence-electron chi connectivity index (χ3n) is 5.64. The van der Waals surface area contributed by atoms with E-state index in [1.807, 2.05) is 19.1 Å². The van der Waals surface area contributed by atoms with Crippen LogP contribution in [0.4, 0.5) is 5.69 Å². The molecule has 4 rings (SSSR count). The Hall–Kier alpha value is -1.85. The number of likely N-dealkylation sites (tertiary alicyclic amines) is 1. The van der Waals surface area contributed by atoms with Crippen LogP contribution in [0.25, 0.3) is 10.9 Å². The molecule has 2 aromatic rings. The lowest BCUT2D eigenvalue weighted by Gasteiger charge is -2.34. The molecular weight excluding hydrogens is 326 g/mol. The molecule has 1 aromatic carbocycles. The number of hydrogen-bond acceptors (Lipinski definition) is 5. The summed E-state index contributed by atoms with van der Waals surface area (Å²) in [5, 5.41) is 4.92. The first-order chi connectivity index (χ1) is 12.7. The highest BCUT2D eigenvalue weighted by molar-refractivity contribution is 5.95. The SMILES string of the molecule is COc1cccc2c(NC3CCN(CC4CCOC4)CC3)cc(C)nc12. The van der Waals surface area contributed by atoms with Crippen LogP contribution in [0.15, 0.2) is 24.3 Å². The summed E-state index contributed by atoms with van der Waals surface area (Å²) in [5.74, 6) is 1.57. The van der Waals surface area contributed by atoms with Gasteiger partial charge in [-0.05, 0) is 44.2 Å². The molecule has 1 aromatic heterocycles. The lowest BCUT2D eigenvalue weighted by molar-refractivity contribution is 0.154. The van der Waals surface area contributed by atoms with E-state index in [1.54, 1.807) is 7.11 Å². The Kier molecular flexibility index (Phi) is 5.27. The number of nitrogens with one attached hydrogen (secondary N) is 1. The molecule has 1 atom stereocenters. The number of pyridine rings is 1. The molecule has 1 unspecified atom stereocenters. The Morgan fingerprint density at radius 2 is 2.12 bits per heavy atom. The number of hydrogen-bond donors (Lipinski definition) is 1. The zero-order valence-electron chi connectivity index (χ0n) is 15.8. The van der Waals surface area contributed by atoms with Crippen molar-refractivity contribution in [2.24, 2.45) is 5.92 Å². The highest BCUT2D eigenvalue weighted by Gasteiger charge is 2.24. The van der Waals surface area contributed by atoms with Crippen molar-refractivity contribution >= 4 is 16.6 Å². The van der Waals surface area contributed by atoms with Crippen LogP contribution in [-0.4, -0.2) is 55.9 Å². The Balaban J connectivity index is 1.43. The van der Waals surface area contributed by atoms with Crippen LogP contribution in [0.3, 0.4) is 0 Å². The van der Waals surface area contributed by atoms with E-state index in [4.69, 9.17) is 9.47 Å². The van der Waals surface area contributed by atoms with Crippen LogP contribution in [-0.2, 0) is 4.74 Å². The van der Waals surface area contributed by atoms with Gasteiger partial charge in [0.1, 0.15) is 11.3 Å². The molecule has 0 aliphatic carbocycles. The van der Waals surface area contributed by atoms with Gasteiger partial charge in [-0.3, -0.25) is 0 Å². The number of para-hydroxylation sites is 1. The van der Waals surface area contributed by atoms with Gasteiger partial charge < -0.3 is 19.7 Å². The molecule has 0 spiro atoms. The van der Waals surface area contributed by atoms with Crippen LogP contribution in [0, 0.1) is 12.8 Å². The topological polar surface area (TPSA) is 46.6 Å². The number of piperidine rings is 1. The monoisotopic (exact) mass is 355 g/mol. The van der Waals surface area contributed by atoms with E-state index in [0.29, 0.717) is 6.04 Å². The molecular formula is C21H29N3O2. The van der Waals surface area contributed by atoms with E-state index in [1.165, 1.54) is 44.6 Å². The number of nitrogens with zero attached hydrogens (tertiary/aromatic N) is 2. The van der Waals surface area contributed by atoms with Gasteiger partial charge in [-0.2, -0.15) is 0 Å². The molecule has 3 heterocycles. The second-order valence-electron chi connectivity index (χ2n) is 7.62. The normalized spacial score (nSPS) is 22.0. The standard InChI is InChI=1S/C21H29N3O2/c1-15-12-19(18-4-3-5-20(25-2)21(18)22-15)23-17-6-9-24(10-7-17)13-16-8-11-26-14-16/h3-5,12,16-17H,6-11,13-14H2,1-2H3,(H,22,23). The van der Waals surface area contributed by atoms with Crippen molar-refractivity contribution in [2.45, 2.75) is 32.2 Å². The molecule has 0 saturated carbocycles. The van der Waals surface area contributed by atoms with Gasteiger partial charge in [0.05, 0.1) is 13.7 Å². The minimum atomic E-state index is 0.516. The largest absolute Gasteiger partial charge is 0.494 e. The highest BCUT2D eigenvalue weighted by Crippen LogP contribution is 2.31. The number of methoxy groups -OCH3 is 1. The maximum Gasteiger partial charge on any atom is 0.145 e. The summed E-state index contributed by atoms with van der Waals surface area (Å²) in [7, 11) is 1.71. The van der Waals surface area contributed by atoms with E-state index in [-0.39, 0.29) is 0 Å². The zero-order chi connectivity index (χ0) is 17.9. The van der Waals surface area contributed by atoms with E-state index in [0.717, 1.165) is 41.5 Å². The molecule has 2 saturated heterocycles. The van der Waals surface area contributed by atoms with E-state index in [2.05, 4.69) is 27.3 Å². The predicted octanol–water partition coefficient (Wildman–Crippen LogP) is 3.46. The van der Waals surface area contributed by atoms with Crippen LogP contribution < -0.4 is 10.1 Å². The minimum Gasteiger partial charge on any atom is -0.494 e. The first kappa shape index (κ1) is 17.6. The second-order valence-corrected chi connectivity index (χ2v) is 7.62. The summed E-state index contributed by atoms with van der Waals surface area (Å²) >= 11 is 0. The smallest absolute Gasteiger partial charge is 0.145 e. The van der Waals surface area contributed by atoms with Gasteiger partial charge >= 0.3 is 0 Å². The summed E-state index contributed by atoms with van der Waals surface area (Å²) in [6.07, 6.45) is 3.59. The molecule has 26 heavy (non-hydrogen) atoms. The fourth-order valence-electron chi connectivity index (χ4n) is 4.21. The number of ether oxygens (including phenoxy) is 2. The van der Waals surface area contributed by atoms with Crippen molar-refractivity contribution in [3.05, 3.63) is 30.0 Å². The van der Waals surface area contributed by atoms with Crippen LogP contribution in [0.2, 0.25) is 0 Å². The first-order valence-corrected chi connectivity index (χ1v) is 9.74. The summed E-state index contributed by atoms with van der Waals surface area (Å²) in [6, 6.07) is 8.81. The van der Waals surface area contributed by atoms with Crippen LogP contribution >= 0.6 is 0 Å². The summed E-state index contributed by atoms with van der Waals surface area (Å²) in [4.78, 5) is 7.29. The first-order valence-electron chi connectivity index (χ1n) is 9.74. The van der Waals surface area contributed by atoms with Gasteiger partial charge in [-0.1, -0.05) is 12.1 Å². The number of aromatic nitrogens is 1. The Bertz CT molecular complexity index is 750. The fourth-order valence-corrected chi connectivity index (χ4v) is 4.21. The van der Waals surface area contributed by atoms with Gasteiger partial charge in [-0.15, -0.1) is 0 Å². The van der Waals surface area contributed by atoms with Crippen molar-refractivity contribution in [2.75, 3.05) is 45.3 Å². The average Bonchev–Trinajstić information content (AvgIpc) is 3.16. The van der Waals surface area contributed by atoms with Crippen molar-refractivity contribution < 1.29 is 9.47 Å². The lowest BCUT2D eigenvalue weighted by atomic mass is 10.0. The van der Waals surface area contributed by atoms with Gasteiger partial charge in [0.25, 0.3) is 0 Å². The highest BCUT2D eigenvalue weighted by atomic mass is 16.5. The third kappa shape index (κ3) is 3.79. The van der Waals surface area contributed by atoms with Gasteiger partial charge in [0.2, 0.25) is 0 Å². The maximum absolute atomic E-state index is 5.51. The van der Waals surface area contributed by atoms with Gasteiger partial charge in [-0.25, -0.2) is 4.98 Å². The molecule has 0 bridgehead atoms. The molecule has 2 aliphatic rings. The molecule has 0 amide bonds. The number of benzene rings is 1. The zero-order valence-corrected chi connectivity index (χ0v) is 15.8. The molecule has 5 nitrogen and oxygen atoms in total. The molecule has 1 N–H and O–H groups in total. The quantitative estimate of drug-likeness (QED) is 0.890. The number of fused-ring (bicyclic) bond motifs is 1. The second kappa shape index (κ2) is 7.80. The van der Waals surface area contributed by atoms with E-state index >= 15 is 0 Å². The van der Waals surface area contributed by atoms with E-state index in [9.17, 15) is 0 Å². The summed E-state index contributed by atoms with van der Waals surface area (Å²) < 4.78 is 11.0.